The molecule has 0 aliphatic carbocycles. The molecule has 1 fully saturated rings. The quantitative estimate of drug-likeness (QED) is 0.509. The number of piperazine rings is 1. The Kier molecular flexibility index (Phi) is 5.81. The van der Waals surface area contributed by atoms with E-state index in [4.69, 9.17) is 4.18 Å². The smallest absolute Gasteiger partial charge is 0.282 e. The first-order valence-electron chi connectivity index (χ1n) is 9.46. The summed E-state index contributed by atoms with van der Waals surface area (Å²) in [6.45, 7) is 1.90. The topological polar surface area (TPSA) is 106 Å². The Morgan fingerprint density at radius 3 is 2.77 bits per heavy atom. The number of anilines is 1. The summed E-state index contributed by atoms with van der Waals surface area (Å²) in [5.74, 6) is 0.627. The van der Waals surface area contributed by atoms with Crippen LogP contribution in [0.3, 0.4) is 0 Å². The third-order valence-corrected chi connectivity index (χ3v) is 5.66. The number of halogens is 2. The first kappa shape index (κ1) is 21.5. The van der Waals surface area contributed by atoms with Crippen molar-refractivity contribution in [2.75, 3.05) is 44.4 Å². The van der Waals surface area contributed by atoms with Crippen LogP contribution < -0.4 is 4.90 Å². The predicted octanol–water partition coefficient (Wildman–Crippen LogP) is 1.22. The minimum absolute atomic E-state index is 0.0390. The van der Waals surface area contributed by atoms with Crippen molar-refractivity contribution in [1.29, 1.82) is 0 Å². The van der Waals surface area contributed by atoms with Crippen LogP contribution in [0.1, 0.15) is 12.1 Å². The summed E-state index contributed by atoms with van der Waals surface area (Å²) in [4.78, 5) is 16.8. The third kappa shape index (κ3) is 4.78. The van der Waals surface area contributed by atoms with Crippen LogP contribution in [0.2, 0.25) is 0 Å². The van der Waals surface area contributed by atoms with Crippen LogP contribution in [-0.4, -0.2) is 83.5 Å². The van der Waals surface area contributed by atoms with Crippen LogP contribution in [0.15, 0.2) is 30.7 Å². The molecule has 0 amide bonds. The lowest BCUT2D eigenvalue weighted by Crippen LogP contribution is -2.53. The van der Waals surface area contributed by atoms with E-state index < -0.39 is 16.5 Å². The number of rotatable bonds is 6. The van der Waals surface area contributed by atoms with E-state index in [0.717, 1.165) is 6.26 Å². The molecule has 0 bridgehead atoms. The highest BCUT2D eigenvalue weighted by Crippen LogP contribution is 2.24. The lowest BCUT2D eigenvalue weighted by atomic mass is 10.2. The zero-order chi connectivity index (χ0) is 22.2. The second-order valence-corrected chi connectivity index (χ2v) is 8.95. The van der Waals surface area contributed by atoms with Gasteiger partial charge in [-0.1, -0.05) is 0 Å². The molecule has 10 nitrogen and oxygen atoms in total. The number of imidazole rings is 1. The molecule has 1 saturated heterocycles. The fourth-order valence-corrected chi connectivity index (χ4v) is 3.78. The van der Waals surface area contributed by atoms with Gasteiger partial charge in [0.2, 0.25) is 0 Å². The van der Waals surface area contributed by atoms with Gasteiger partial charge in [-0.15, -0.1) is 0 Å². The van der Waals surface area contributed by atoms with E-state index >= 15 is 0 Å². The van der Waals surface area contributed by atoms with Crippen molar-refractivity contribution in [3.63, 3.8) is 0 Å². The second-order valence-electron chi connectivity index (χ2n) is 7.30. The molecule has 1 aliphatic rings. The van der Waals surface area contributed by atoms with Gasteiger partial charge in [-0.2, -0.15) is 13.5 Å². The second kappa shape index (κ2) is 8.40. The number of aromatic nitrogens is 5. The van der Waals surface area contributed by atoms with Gasteiger partial charge in [0, 0.05) is 25.7 Å². The van der Waals surface area contributed by atoms with Crippen molar-refractivity contribution < 1.29 is 21.4 Å². The molecule has 0 radical (unpaired) electrons. The molecule has 3 aromatic heterocycles. The molecule has 0 spiro atoms. The Balaban J connectivity index is 1.60. The Labute approximate surface area is 177 Å². The fraction of sp³-hybridized carbons (Fsp3) is 0.444. The average molecular weight is 453 g/mol. The molecule has 1 aliphatic heterocycles. The molecule has 0 N–H and O–H groups in total. The van der Waals surface area contributed by atoms with Crippen molar-refractivity contribution in [1.82, 2.24) is 29.5 Å². The fourth-order valence-electron chi connectivity index (χ4n) is 3.37. The maximum Gasteiger partial charge on any atom is 0.282 e. The molecule has 0 unspecified atom stereocenters. The molecule has 3 aromatic rings. The first-order chi connectivity index (χ1) is 14.7. The predicted molar refractivity (Wildman–Crippen MR) is 108 cm³/mol. The van der Waals surface area contributed by atoms with Gasteiger partial charge < -0.3 is 4.90 Å². The van der Waals surface area contributed by atoms with E-state index in [0.29, 0.717) is 42.5 Å². The van der Waals surface area contributed by atoms with Gasteiger partial charge in [-0.25, -0.2) is 28.2 Å². The molecule has 4 rings (SSSR count). The minimum Gasteiger partial charge on any atom is -0.354 e. The van der Waals surface area contributed by atoms with Gasteiger partial charge in [-0.05, 0) is 19.2 Å². The maximum absolute atomic E-state index is 13.1. The maximum atomic E-state index is 13.1. The normalized spacial score (nSPS) is 18.2. The lowest BCUT2D eigenvalue weighted by Gasteiger charge is -2.39. The van der Waals surface area contributed by atoms with Crippen LogP contribution in [0.4, 0.5) is 14.6 Å². The number of nitrogens with zero attached hydrogens (tertiary/aromatic N) is 7. The molecule has 1 atom stereocenters. The van der Waals surface area contributed by atoms with Gasteiger partial charge in [-0.3, -0.25) is 9.08 Å². The van der Waals surface area contributed by atoms with Crippen LogP contribution in [0.25, 0.3) is 17.0 Å². The van der Waals surface area contributed by atoms with E-state index in [1.165, 1.54) is 29.2 Å². The van der Waals surface area contributed by atoms with Gasteiger partial charge in [0.1, 0.15) is 23.5 Å². The standard InChI is InChI=1S/C18H21F2N7O3S/c1-25-5-6-26(9-12(25)10-30-31(2,28)29)17-7-14(22-11-23-17)15-8-21-16-4-3-13(18(19)20)24-27(15)16/h3-4,7-8,11-12,18H,5-6,9-10H2,1-2H3/t12-/m0/s1. The van der Waals surface area contributed by atoms with Crippen LogP contribution in [0, 0.1) is 0 Å². The Bertz CT molecular complexity index is 1190. The number of likely N-dealkylation sites (N-methyl/N-ethyl adjacent to an activating group) is 1. The summed E-state index contributed by atoms with van der Waals surface area (Å²) < 4.78 is 55.1. The molecule has 0 saturated carbocycles. The summed E-state index contributed by atoms with van der Waals surface area (Å²) in [5, 5.41) is 3.97. The van der Waals surface area contributed by atoms with Gasteiger partial charge in [0.15, 0.2) is 5.65 Å². The largest absolute Gasteiger partial charge is 0.354 e. The molecule has 166 valence electrons. The Hall–Kier alpha value is -2.77. The number of fused-ring (bicyclic) bond motifs is 1. The zero-order valence-corrected chi connectivity index (χ0v) is 17.7. The number of hydrogen-bond acceptors (Lipinski definition) is 9. The number of hydrogen-bond donors (Lipinski definition) is 0. The summed E-state index contributed by atoms with van der Waals surface area (Å²) >= 11 is 0. The van der Waals surface area contributed by atoms with E-state index in [9.17, 15) is 17.2 Å². The van der Waals surface area contributed by atoms with Crippen molar-refractivity contribution >= 4 is 21.6 Å². The summed E-state index contributed by atoms with van der Waals surface area (Å²) in [5.41, 5.74) is 1.03. The molecular formula is C18H21F2N7O3S. The van der Waals surface area contributed by atoms with Gasteiger partial charge >= 0.3 is 0 Å². The first-order valence-corrected chi connectivity index (χ1v) is 11.3. The lowest BCUT2D eigenvalue weighted by molar-refractivity contribution is 0.144. The molecule has 0 aromatic carbocycles. The van der Waals surface area contributed by atoms with E-state index in [1.54, 1.807) is 6.07 Å². The molecule has 13 heteroatoms. The van der Waals surface area contributed by atoms with E-state index in [1.807, 2.05) is 16.8 Å². The summed E-state index contributed by atoms with van der Waals surface area (Å²) in [7, 11) is -1.63. The monoisotopic (exact) mass is 453 g/mol. The number of alkyl halides is 2. The molecular weight excluding hydrogens is 432 g/mol. The van der Waals surface area contributed by atoms with Crippen molar-refractivity contribution in [2.24, 2.45) is 0 Å². The highest BCUT2D eigenvalue weighted by Gasteiger charge is 2.27. The average Bonchev–Trinajstić information content (AvgIpc) is 3.16. The van der Waals surface area contributed by atoms with Crippen LogP contribution in [0.5, 0.6) is 0 Å². The molecule has 31 heavy (non-hydrogen) atoms. The zero-order valence-electron chi connectivity index (χ0n) is 16.9. The van der Waals surface area contributed by atoms with Gasteiger partial charge in [0.25, 0.3) is 16.5 Å². The highest BCUT2D eigenvalue weighted by atomic mass is 32.2. The van der Waals surface area contributed by atoms with Gasteiger partial charge in [0.05, 0.1) is 30.8 Å². The Morgan fingerprint density at radius 2 is 2.03 bits per heavy atom. The SMILES string of the molecule is CN1CCN(c2cc(-c3cnc4ccc(C(F)F)nn34)ncn2)C[C@H]1COS(C)(=O)=O. The summed E-state index contributed by atoms with van der Waals surface area (Å²) in [6.07, 6.45) is 1.24. The minimum atomic E-state index is -3.54. The van der Waals surface area contributed by atoms with E-state index in [-0.39, 0.29) is 18.3 Å². The van der Waals surface area contributed by atoms with Crippen molar-refractivity contribution in [3.8, 4) is 11.4 Å². The molecule has 4 heterocycles. The van der Waals surface area contributed by atoms with Crippen LogP contribution >= 0.6 is 0 Å². The van der Waals surface area contributed by atoms with E-state index in [2.05, 4.69) is 20.1 Å². The highest BCUT2D eigenvalue weighted by molar-refractivity contribution is 7.85. The van der Waals surface area contributed by atoms with Crippen molar-refractivity contribution in [2.45, 2.75) is 12.5 Å². The Morgan fingerprint density at radius 1 is 1.23 bits per heavy atom. The summed E-state index contributed by atoms with van der Waals surface area (Å²) in [6, 6.07) is 4.31. The third-order valence-electron chi connectivity index (χ3n) is 5.10. The van der Waals surface area contributed by atoms with Crippen molar-refractivity contribution in [3.05, 3.63) is 36.4 Å². The van der Waals surface area contributed by atoms with Crippen LogP contribution in [-0.2, 0) is 14.3 Å².